The van der Waals surface area contributed by atoms with E-state index in [2.05, 4.69) is 30.8 Å². The monoisotopic (exact) mass is 451 g/mol. The molecule has 5 rings (SSSR count). The molecule has 0 spiro atoms. The number of ether oxygens (including phenoxy) is 1. The fourth-order valence-corrected chi connectivity index (χ4v) is 3.77. The topological polar surface area (TPSA) is 111 Å². The summed E-state index contributed by atoms with van der Waals surface area (Å²) in [5, 5.41) is 16.2. The second-order valence-corrected chi connectivity index (χ2v) is 8.49. The van der Waals surface area contributed by atoms with Crippen molar-refractivity contribution in [2.75, 3.05) is 11.9 Å². The summed E-state index contributed by atoms with van der Waals surface area (Å²) in [6.45, 7) is 4.38. The molecule has 0 bridgehead atoms. The number of hydrogen-bond acceptors (Lipinski definition) is 7. The maximum absolute atomic E-state index is 12.8. The number of H-pyrrole nitrogens is 1. The Labute approximate surface area is 188 Å². The molecule has 9 nitrogen and oxygen atoms in total. The third-order valence-corrected chi connectivity index (χ3v) is 5.84. The van der Waals surface area contributed by atoms with Crippen molar-refractivity contribution in [3.8, 4) is 11.4 Å². The summed E-state index contributed by atoms with van der Waals surface area (Å²) in [7, 11) is 0. The van der Waals surface area contributed by atoms with E-state index < -0.39 is 0 Å². The number of pyridine rings is 2. The van der Waals surface area contributed by atoms with Gasteiger partial charge in [-0.05, 0) is 61.2 Å². The first kappa shape index (κ1) is 20.4. The molecule has 10 heteroatoms. The Morgan fingerprint density at radius 2 is 2.16 bits per heavy atom. The van der Waals surface area contributed by atoms with Crippen LogP contribution in [0.2, 0.25) is 5.02 Å². The fraction of sp³-hybridized carbons (Fsp3) is 0.318. The average Bonchev–Trinajstić information content (AvgIpc) is 3.50. The second kappa shape index (κ2) is 8.23. The van der Waals surface area contributed by atoms with Crippen molar-refractivity contribution >= 4 is 28.3 Å². The number of nitrogens with zero attached hydrogens (tertiary/aromatic N) is 5. The third kappa shape index (κ3) is 4.16. The summed E-state index contributed by atoms with van der Waals surface area (Å²) in [6, 6.07) is 8.80. The molecule has 2 N–H and O–H groups in total. The van der Waals surface area contributed by atoms with Gasteiger partial charge >= 0.3 is 0 Å². The molecule has 1 aliphatic rings. The van der Waals surface area contributed by atoms with Gasteiger partial charge in [0.25, 0.3) is 5.56 Å². The minimum Gasteiger partial charge on any atom is -0.492 e. The number of nitrogens with one attached hydrogen (secondary N) is 2. The van der Waals surface area contributed by atoms with Crippen LogP contribution in [0.15, 0.2) is 41.3 Å². The molecule has 1 aliphatic carbocycles. The summed E-state index contributed by atoms with van der Waals surface area (Å²) in [6.07, 6.45) is 4.06. The quantitative estimate of drug-likeness (QED) is 0.439. The van der Waals surface area contributed by atoms with Gasteiger partial charge in [0.1, 0.15) is 11.6 Å². The van der Waals surface area contributed by atoms with E-state index in [1.54, 1.807) is 16.9 Å². The Morgan fingerprint density at radius 3 is 2.91 bits per heavy atom. The van der Waals surface area contributed by atoms with Gasteiger partial charge in [0, 0.05) is 29.3 Å². The van der Waals surface area contributed by atoms with Crippen LogP contribution >= 0.6 is 11.6 Å². The number of aromatic nitrogens is 6. The van der Waals surface area contributed by atoms with Crippen molar-refractivity contribution in [1.29, 1.82) is 0 Å². The standard InChI is InChI=1S/C22H22ClN7O2/c1-12(25-21-9-16(5-6-24-21)30-13(2)27-28-29-30)17-7-15-8-18(23)20(32-11-14-3-4-14)10-19(15)26-22(17)31/h5-10,12,14H,3-4,11H2,1-2H3,(H,24,25)(H,26,31). The molecular weight excluding hydrogens is 430 g/mol. The summed E-state index contributed by atoms with van der Waals surface area (Å²) in [5.41, 5.74) is 1.86. The van der Waals surface area contributed by atoms with Gasteiger partial charge in [0.2, 0.25) is 0 Å². The predicted octanol–water partition coefficient (Wildman–Crippen LogP) is 3.82. The molecule has 1 atom stereocenters. The van der Waals surface area contributed by atoms with Crippen LogP contribution in [0.4, 0.5) is 5.82 Å². The van der Waals surface area contributed by atoms with Crippen LogP contribution < -0.4 is 15.6 Å². The smallest absolute Gasteiger partial charge is 0.253 e. The first-order chi connectivity index (χ1) is 15.5. The van der Waals surface area contributed by atoms with E-state index in [0.717, 1.165) is 11.1 Å². The molecule has 1 aromatic carbocycles. The minimum absolute atomic E-state index is 0.180. The van der Waals surface area contributed by atoms with Gasteiger partial charge in [-0.25, -0.2) is 4.98 Å². The molecule has 0 saturated heterocycles. The van der Waals surface area contributed by atoms with Crippen molar-refractivity contribution in [3.05, 3.63) is 63.3 Å². The summed E-state index contributed by atoms with van der Waals surface area (Å²) in [5.74, 6) is 2.48. The summed E-state index contributed by atoms with van der Waals surface area (Å²) < 4.78 is 7.44. The Morgan fingerprint density at radius 1 is 1.31 bits per heavy atom. The van der Waals surface area contributed by atoms with Gasteiger partial charge in [-0.1, -0.05) is 11.6 Å². The molecule has 4 aromatic rings. The van der Waals surface area contributed by atoms with Crippen molar-refractivity contribution in [3.63, 3.8) is 0 Å². The Hall–Kier alpha value is -3.46. The number of aromatic amines is 1. The SMILES string of the molecule is Cc1nnnn1-c1ccnc(NC(C)c2cc3cc(Cl)c(OCC4CC4)cc3[nH]c2=O)c1. The highest BCUT2D eigenvalue weighted by atomic mass is 35.5. The van der Waals surface area contributed by atoms with Gasteiger partial charge in [0.15, 0.2) is 5.82 Å². The van der Waals surface area contributed by atoms with Gasteiger partial charge in [-0.3, -0.25) is 4.79 Å². The largest absolute Gasteiger partial charge is 0.492 e. The highest BCUT2D eigenvalue weighted by Gasteiger charge is 2.22. The lowest BCUT2D eigenvalue weighted by Gasteiger charge is -2.16. The zero-order chi connectivity index (χ0) is 22.2. The van der Waals surface area contributed by atoms with E-state index >= 15 is 0 Å². The summed E-state index contributed by atoms with van der Waals surface area (Å²) in [4.78, 5) is 20.1. The molecule has 0 radical (unpaired) electrons. The van der Waals surface area contributed by atoms with Crippen LogP contribution in [0.25, 0.3) is 16.6 Å². The van der Waals surface area contributed by atoms with Crippen LogP contribution in [0, 0.1) is 12.8 Å². The fourth-order valence-electron chi connectivity index (χ4n) is 3.55. The first-order valence-electron chi connectivity index (χ1n) is 10.4. The molecule has 0 amide bonds. The minimum atomic E-state index is -0.301. The van der Waals surface area contributed by atoms with Crippen LogP contribution in [0.3, 0.4) is 0 Å². The number of tetrazole rings is 1. The number of anilines is 1. The average molecular weight is 452 g/mol. The van der Waals surface area contributed by atoms with Crippen LogP contribution in [0.5, 0.6) is 5.75 Å². The van der Waals surface area contributed by atoms with Crippen molar-refractivity contribution in [2.24, 2.45) is 5.92 Å². The molecule has 1 fully saturated rings. The highest BCUT2D eigenvalue weighted by molar-refractivity contribution is 6.32. The van der Waals surface area contributed by atoms with E-state index in [4.69, 9.17) is 16.3 Å². The summed E-state index contributed by atoms with van der Waals surface area (Å²) >= 11 is 6.43. The van der Waals surface area contributed by atoms with Crippen LogP contribution in [0.1, 0.15) is 37.2 Å². The molecular formula is C22H22ClN7O2. The Balaban J connectivity index is 1.40. The number of rotatable bonds is 7. The number of fused-ring (bicyclic) bond motifs is 1. The highest BCUT2D eigenvalue weighted by Crippen LogP contribution is 2.34. The Kier molecular flexibility index (Phi) is 5.26. The first-order valence-corrected chi connectivity index (χ1v) is 10.8. The zero-order valence-electron chi connectivity index (χ0n) is 17.7. The molecule has 1 saturated carbocycles. The molecule has 32 heavy (non-hydrogen) atoms. The number of aryl methyl sites for hydroxylation is 1. The molecule has 1 unspecified atom stereocenters. The lowest BCUT2D eigenvalue weighted by Crippen LogP contribution is -2.20. The van der Waals surface area contributed by atoms with Gasteiger partial charge in [0.05, 0.1) is 28.9 Å². The third-order valence-electron chi connectivity index (χ3n) is 5.54. The van der Waals surface area contributed by atoms with Crippen molar-refractivity contribution in [1.82, 2.24) is 30.2 Å². The zero-order valence-corrected chi connectivity index (χ0v) is 18.4. The van der Waals surface area contributed by atoms with Crippen molar-refractivity contribution < 1.29 is 4.74 Å². The molecule has 0 aliphatic heterocycles. The van der Waals surface area contributed by atoms with Gasteiger partial charge in [-0.15, -0.1) is 5.10 Å². The van der Waals surface area contributed by atoms with Gasteiger partial charge < -0.3 is 15.0 Å². The van der Waals surface area contributed by atoms with E-state index in [9.17, 15) is 4.79 Å². The Bertz CT molecular complexity index is 1350. The van der Waals surface area contributed by atoms with E-state index in [1.165, 1.54) is 12.8 Å². The number of benzene rings is 1. The normalized spacial score (nSPS) is 14.5. The molecule has 3 aromatic heterocycles. The van der Waals surface area contributed by atoms with Gasteiger partial charge in [-0.2, -0.15) is 4.68 Å². The lowest BCUT2D eigenvalue weighted by atomic mass is 10.1. The number of hydrogen-bond donors (Lipinski definition) is 2. The second-order valence-electron chi connectivity index (χ2n) is 8.08. The maximum atomic E-state index is 12.8. The van der Waals surface area contributed by atoms with Crippen LogP contribution in [-0.2, 0) is 0 Å². The van der Waals surface area contributed by atoms with E-state index in [-0.39, 0.29) is 11.6 Å². The van der Waals surface area contributed by atoms with Crippen LogP contribution in [-0.4, -0.2) is 36.8 Å². The molecule has 3 heterocycles. The maximum Gasteiger partial charge on any atom is 0.253 e. The van der Waals surface area contributed by atoms with E-state index in [0.29, 0.717) is 46.0 Å². The van der Waals surface area contributed by atoms with Crippen molar-refractivity contribution in [2.45, 2.75) is 32.7 Å². The molecule has 164 valence electrons. The number of halogens is 1. The van der Waals surface area contributed by atoms with E-state index in [1.807, 2.05) is 38.1 Å². The predicted molar refractivity (Wildman–Crippen MR) is 122 cm³/mol. The lowest BCUT2D eigenvalue weighted by molar-refractivity contribution is 0.300.